The predicted molar refractivity (Wildman–Crippen MR) is 111 cm³/mol. The smallest absolute Gasteiger partial charge is 0.279 e. The van der Waals surface area contributed by atoms with Crippen LogP contribution in [-0.2, 0) is 4.79 Å². The van der Waals surface area contributed by atoms with Gasteiger partial charge in [0.15, 0.2) is 6.54 Å². The highest BCUT2D eigenvalue weighted by Gasteiger charge is 2.22. The minimum atomic E-state index is 0.104. The van der Waals surface area contributed by atoms with Gasteiger partial charge in [0, 0.05) is 30.2 Å². The van der Waals surface area contributed by atoms with E-state index in [0.29, 0.717) is 6.54 Å². The summed E-state index contributed by atoms with van der Waals surface area (Å²) in [5, 5.41) is 3.06. The third-order valence-corrected chi connectivity index (χ3v) is 5.62. The molecule has 0 atom stereocenters. The van der Waals surface area contributed by atoms with Crippen molar-refractivity contribution >= 4 is 23.0 Å². The molecule has 142 valence electrons. The molecule has 0 bridgehead atoms. The number of hydrogen-bond acceptors (Lipinski definition) is 3. The van der Waals surface area contributed by atoms with Crippen LogP contribution in [0.2, 0.25) is 0 Å². The molecule has 2 fully saturated rings. The Balaban J connectivity index is 1.24. The van der Waals surface area contributed by atoms with E-state index in [9.17, 15) is 4.79 Å². The van der Waals surface area contributed by atoms with Crippen LogP contribution < -0.4 is 20.0 Å². The van der Waals surface area contributed by atoms with Gasteiger partial charge >= 0.3 is 0 Å². The summed E-state index contributed by atoms with van der Waals surface area (Å²) in [4.78, 5) is 18.6. The maximum atomic E-state index is 12.4. The molecule has 5 nitrogen and oxygen atoms in total. The van der Waals surface area contributed by atoms with Crippen LogP contribution in [0.4, 0.5) is 17.1 Å². The second kappa shape index (κ2) is 8.44. The molecular formula is C22H29N4O+. The van der Waals surface area contributed by atoms with Gasteiger partial charge in [-0.3, -0.25) is 4.79 Å². The van der Waals surface area contributed by atoms with E-state index < -0.39 is 0 Å². The SMILES string of the molecule is O=C(C[NH+]1CCN(c2ccccc2)CC1)Nc1ccc(N2CCCC2)cc1. The van der Waals surface area contributed by atoms with Crippen LogP contribution in [0, 0.1) is 0 Å². The Hall–Kier alpha value is -2.53. The van der Waals surface area contributed by atoms with E-state index in [1.54, 1.807) is 0 Å². The summed E-state index contributed by atoms with van der Waals surface area (Å²) in [6.07, 6.45) is 2.55. The van der Waals surface area contributed by atoms with Crippen LogP contribution in [0.5, 0.6) is 0 Å². The molecule has 0 unspecified atom stereocenters. The fourth-order valence-corrected chi connectivity index (χ4v) is 4.06. The number of piperazine rings is 1. The number of carbonyl (C=O) groups excluding carboxylic acids is 1. The first-order valence-electron chi connectivity index (χ1n) is 10.1. The summed E-state index contributed by atoms with van der Waals surface area (Å²) in [6, 6.07) is 18.8. The van der Waals surface area contributed by atoms with Gasteiger partial charge in [-0.1, -0.05) is 18.2 Å². The summed E-state index contributed by atoms with van der Waals surface area (Å²) in [6.45, 7) is 6.81. The monoisotopic (exact) mass is 365 g/mol. The fourth-order valence-electron chi connectivity index (χ4n) is 4.06. The Kier molecular flexibility index (Phi) is 5.58. The lowest BCUT2D eigenvalue weighted by atomic mass is 10.2. The lowest BCUT2D eigenvalue weighted by Crippen LogP contribution is -3.15. The van der Waals surface area contributed by atoms with Gasteiger partial charge in [0.05, 0.1) is 26.2 Å². The first-order chi connectivity index (χ1) is 13.3. The van der Waals surface area contributed by atoms with Crippen molar-refractivity contribution < 1.29 is 9.69 Å². The van der Waals surface area contributed by atoms with Gasteiger partial charge in [0.25, 0.3) is 5.91 Å². The van der Waals surface area contributed by atoms with E-state index >= 15 is 0 Å². The third kappa shape index (κ3) is 4.61. The molecule has 2 saturated heterocycles. The molecule has 2 aliphatic rings. The minimum Gasteiger partial charge on any atom is -0.372 e. The number of nitrogens with one attached hydrogen (secondary N) is 2. The molecule has 0 aromatic heterocycles. The summed E-state index contributed by atoms with van der Waals surface area (Å²) in [5.41, 5.74) is 3.43. The van der Waals surface area contributed by atoms with Gasteiger partial charge in [0.1, 0.15) is 0 Å². The van der Waals surface area contributed by atoms with Crippen LogP contribution in [0.1, 0.15) is 12.8 Å². The van der Waals surface area contributed by atoms with Crippen molar-refractivity contribution in [2.45, 2.75) is 12.8 Å². The van der Waals surface area contributed by atoms with E-state index in [1.807, 2.05) is 18.2 Å². The van der Waals surface area contributed by atoms with Crippen molar-refractivity contribution in [3.05, 3.63) is 54.6 Å². The molecule has 1 amide bonds. The van der Waals surface area contributed by atoms with Crippen LogP contribution in [-0.4, -0.2) is 51.7 Å². The van der Waals surface area contributed by atoms with E-state index in [-0.39, 0.29) is 5.91 Å². The summed E-state index contributed by atoms with van der Waals surface area (Å²) in [7, 11) is 0. The number of amides is 1. The number of para-hydroxylation sites is 1. The fraction of sp³-hybridized carbons (Fsp3) is 0.409. The third-order valence-electron chi connectivity index (χ3n) is 5.62. The van der Waals surface area contributed by atoms with Gasteiger partial charge in [-0.15, -0.1) is 0 Å². The highest BCUT2D eigenvalue weighted by atomic mass is 16.2. The van der Waals surface area contributed by atoms with Crippen molar-refractivity contribution in [1.82, 2.24) is 0 Å². The zero-order valence-corrected chi connectivity index (χ0v) is 15.9. The number of benzene rings is 2. The zero-order valence-electron chi connectivity index (χ0n) is 15.9. The Morgan fingerprint density at radius 2 is 1.41 bits per heavy atom. The topological polar surface area (TPSA) is 40.0 Å². The lowest BCUT2D eigenvalue weighted by molar-refractivity contribution is -0.892. The molecule has 0 saturated carbocycles. The number of anilines is 3. The van der Waals surface area contributed by atoms with Crippen molar-refractivity contribution in [3.8, 4) is 0 Å². The summed E-state index contributed by atoms with van der Waals surface area (Å²) < 4.78 is 0. The second-order valence-corrected chi connectivity index (χ2v) is 7.54. The average molecular weight is 366 g/mol. The molecule has 2 N–H and O–H groups in total. The largest absolute Gasteiger partial charge is 0.372 e. The summed E-state index contributed by atoms with van der Waals surface area (Å²) in [5.74, 6) is 0.104. The molecule has 2 aromatic carbocycles. The highest BCUT2D eigenvalue weighted by Crippen LogP contribution is 2.21. The van der Waals surface area contributed by atoms with E-state index in [0.717, 1.165) is 45.0 Å². The molecule has 0 aliphatic carbocycles. The van der Waals surface area contributed by atoms with Gasteiger partial charge in [-0.25, -0.2) is 0 Å². The van der Waals surface area contributed by atoms with Crippen LogP contribution >= 0.6 is 0 Å². The lowest BCUT2D eigenvalue weighted by Gasteiger charge is -2.33. The molecular weight excluding hydrogens is 336 g/mol. The minimum absolute atomic E-state index is 0.104. The standard InChI is InChI=1S/C22H28N4O/c27-22(23-19-8-10-21(11-9-19)25-12-4-5-13-25)18-24-14-16-26(17-15-24)20-6-2-1-3-7-20/h1-3,6-11H,4-5,12-18H2,(H,23,27)/p+1. The Morgan fingerprint density at radius 1 is 0.815 bits per heavy atom. The van der Waals surface area contributed by atoms with Crippen molar-refractivity contribution in [3.63, 3.8) is 0 Å². The quantitative estimate of drug-likeness (QED) is 0.846. The maximum Gasteiger partial charge on any atom is 0.279 e. The van der Waals surface area contributed by atoms with Crippen molar-refractivity contribution in [2.24, 2.45) is 0 Å². The predicted octanol–water partition coefficient (Wildman–Crippen LogP) is 1.63. The van der Waals surface area contributed by atoms with Gasteiger partial charge in [0.2, 0.25) is 0 Å². The van der Waals surface area contributed by atoms with Crippen molar-refractivity contribution in [1.29, 1.82) is 0 Å². The van der Waals surface area contributed by atoms with Gasteiger partial charge < -0.3 is 20.0 Å². The molecule has 4 rings (SSSR count). The molecule has 0 spiro atoms. The Morgan fingerprint density at radius 3 is 2.07 bits per heavy atom. The molecule has 0 radical (unpaired) electrons. The highest BCUT2D eigenvalue weighted by molar-refractivity contribution is 5.91. The first kappa shape index (κ1) is 17.9. The Labute approximate surface area is 161 Å². The number of rotatable bonds is 5. The molecule has 2 heterocycles. The normalized spacial score (nSPS) is 17.9. The summed E-state index contributed by atoms with van der Waals surface area (Å²) >= 11 is 0. The number of hydrogen-bond donors (Lipinski definition) is 2. The molecule has 2 aromatic rings. The maximum absolute atomic E-state index is 12.4. The van der Waals surface area contributed by atoms with E-state index in [2.05, 4.69) is 51.5 Å². The first-order valence-corrected chi connectivity index (χ1v) is 10.1. The molecule has 2 aliphatic heterocycles. The molecule has 27 heavy (non-hydrogen) atoms. The number of carbonyl (C=O) groups is 1. The van der Waals surface area contributed by atoms with Crippen LogP contribution in [0.3, 0.4) is 0 Å². The zero-order chi connectivity index (χ0) is 18.5. The van der Waals surface area contributed by atoms with Gasteiger partial charge in [-0.05, 0) is 49.2 Å². The number of quaternary nitrogens is 1. The van der Waals surface area contributed by atoms with Crippen LogP contribution in [0.15, 0.2) is 54.6 Å². The van der Waals surface area contributed by atoms with E-state index in [4.69, 9.17) is 0 Å². The average Bonchev–Trinajstić information content (AvgIpc) is 3.25. The van der Waals surface area contributed by atoms with E-state index in [1.165, 1.54) is 29.1 Å². The second-order valence-electron chi connectivity index (χ2n) is 7.54. The van der Waals surface area contributed by atoms with Gasteiger partial charge in [-0.2, -0.15) is 0 Å². The molecule has 5 heteroatoms. The van der Waals surface area contributed by atoms with Crippen molar-refractivity contribution in [2.75, 3.05) is 60.9 Å². The number of nitrogens with zero attached hydrogens (tertiary/aromatic N) is 2. The van der Waals surface area contributed by atoms with Crippen LogP contribution in [0.25, 0.3) is 0 Å². The Bertz CT molecular complexity index is 733.